The van der Waals surface area contributed by atoms with Crippen LogP contribution in [0.5, 0.6) is 0 Å². The number of alkyl halides is 6. The van der Waals surface area contributed by atoms with E-state index in [0.29, 0.717) is 79.8 Å². The maximum Gasteiger partial charge on any atom is 0.407 e. The zero-order valence-electron chi connectivity index (χ0n) is 44.7. The van der Waals surface area contributed by atoms with Gasteiger partial charge in [-0.2, -0.15) is 31.4 Å². The molecular formula is C55H66F6N10O8. The maximum atomic E-state index is 14.6. The molecule has 8 rings (SSSR count). The van der Waals surface area contributed by atoms with E-state index in [1.807, 2.05) is 39.7 Å². The average molecular weight is 1110 g/mol. The molecule has 2 aromatic carbocycles. The van der Waals surface area contributed by atoms with Crippen molar-refractivity contribution in [2.45, 2.75) is 127 Å². The number of methoxy groups -OCH3 is 1. The topological polar surface area (TPSA) is 205 Å². The number of carbonyl (C=O) groups excluding carboxylic acids is 4. The van der Waals surface area contributed by atoms with E-state index in [4.69, 9.17) is 14.5 Å². The quantitative estimate of drug-likeness (QED) is 0.0399. The summed E-state index contributed by atoms with van der Waals surface area (Å²) in [5.41, 5.74) is -0.0153. The second-order valence-electron chi connectivity index (χ2n) is 21.7. The second kappa shape index (κ2) is 23.8. The van der Waals surface area contributed by atoms with Crippen LogP contribution in [0.25, 0.3) is 11.3 Å². The standard InChI is InChI=1S/C55H66F6N10O8/c1-52(2,54(56,57)58)46(65-51(76)77-6)48(73)64-43(25-34-10-7-33(8-11-34)9-12-35-15-22-45(63-26-35)68-28-39-20-21-40(29-68)71(39)41-31-78-32-41)44(72)30-69(67-49(74)47(79-50(75)62-5)53(3,4)55(59,60)61)27-36-13-16-37(17-14-36)42-23-24-70(66-42)38-18-19-38/h7-8,10-11,13-17,22-24,26,38-41,43-44,46-47,72H,18-21,25,27-32H2,1-6H3,(H,62,75)(H,64,73)(H,65,76)(H,67,74)/t39-,40-,43-,44-,46+,47+/m0/s1. The number of piperazine rings is 1. The lowest BCUT2D eigenvalue weighted by molar-refractivity contribution is -0.239. The van der Waals surface area contributed by atoms with Gasteiger partial charge in [0.15, 0.2) is 6.10 Å². The number of rotatable bonds is 19. The summed E-state index contributed by atoms with van der Waals surface area (Å²) in [4.78, 5) is 62.7. The van der Waals surface area contributed by atoms with Crippen molar-refractivity contribution in [2.75, 3.05) is 51.9 Å². The highest BCUT2D eigenvalue weighted by atomic mass is 19.4. The van der Waals surface area contributed by atoms with Crippen molar-refractivity contribution in [3.05, 3.63) is 101 Å². The number of hydrazine groups is 1. The number of benzene rings is 2. The van der Waals surface area contributed by atoms with Crippen LogP contribution < -0.4 is 26.3 Å². The monoisotopic (exact) mass is 1110 g/mol. The van der Waals surface area contributed by atoms with E-state index in [0.717, 1.165) is 82.5 Å². The Bertz CT molecular complexity index is 2830. The fourth-order valence-electron chi connectivity index (χ4n) is 9.94. The number of ether oxygens (including phenoxy) is 3. The Kier molecular flexibility index (Phi) is 17.5. The second-order valence-corrected chi connectivity index (χ2v) is 21.7. The molecule has 0 spiro atoms. The Hall–Kier alpha value is -6.94. The zero-order valence-corrected chi connectivity index (χ0v) is 44.7. The summed E-state index contributed by atoms with van der Waals surface area (Å²) in [5, 5.41) is 24.3. The number of hydrogen-bond acceptors (Lipinski definition) is 13. The van der Waals surface area contributed by atoms with Crippen LogP contribution in [0.1, 0.15) is 81.7 Å². The lowest BCUT2D eigenvalue weighted by Gasteiger charge is -2.47. The Balaban J connectivity index is 1.05. The molecule has 1 aliphatic carbocycles. The molecular weight excluding hydrogens is 1040 g/mol. The van der Waals surface area contributed by atoms with Crippen molar-refractivity contribution in [1.82, 2.24) is 46.0 Å². The van der Waals surface area contributed by atoms with Crippen LogP contribution in [-0.2, 0) is 36.8 Å². The molecule has 18 nitrogen and oxygen atoms in total. The summed E-state index contributed by atoms with van der Waals surface area (Å²) in [7, 11) is 1.99. The molecule has 426 valence electrons. The average Bonchev–Trinajstić information content (AvgIpc) is 4.15. The third kappa shape index (κ3) is 13.7. The van der Waals surface area contributed by atoms with Crippen molar-refractivity contribution in [3.8, 4) is 23.1 Å². The smallest absolute Gasteiger partial charge is 0.407 e. The normalized spacial score (nSPS) is 19.5. The summed E-state index contributed by atoms with van der Waals surface area (Å²) in [5.74, 6) is 4.25. The van der Waals surface area contributed by atoms with Gasteiger partial charge in [0.2, 0.25) is 5.91 Å². The van der Waals surface area contributed by atoms with Gasteiger partial charge in [-0.15, -0.1) is 0 Å². The maximum absolute atomic E-state index is 14.6. The van der Waals surface area contributed by atoms with Gasteiger partial charge in [0.1, 0.15) is 17.3 Å². The highest BCUT2D eigenvalue weighted by Crippen LogP contribution is 2.43. The van der Waals surface area contributed by atoms with Crippen LogP contribution in [0, 0.1) is 22.7 Å². The highest BCUT2D eigenvalue weighted by Gasteiger charge is 2.58. The third-order valence-corrected chi connectivity index (χ3v) is 15.2. The van der Waals surface area contributed by atoms with E-state index in [9.17, 15) is 50.6 Å². The van der Waals surface area contributed by atoms with Gasteiger partial charge >= 0.3 is 24.5 Å². The first-order chi connectivity index (χ1) is 37.3. The van der Waals surface area contributed by atoms with Gasteiger partial charge in [-0.25, -0.2) is 19.6 Å². The summed E-state index contributed by atoms with van der Waals surface area (Å²) in [6, 6.07) is 16.9. The molecule has 1 saturated carbocycles. The third-order valence-electron chi connectivity index (χ3n) is 15.2. The fraction of sp³-hybridized carbons (Fsp3) is 0.527. The molecule has 5 heterocycles. The highest BCUT2D eigenvalue weighted by molar-refractivity contribution is 5.87. The van der Waals surface area contributed by atoms with Gasteiger partial charge in [0.25, 0.3) is 5.91 Å². The number of anilines is 1. The van der Waals surface area contributed by atoms with Gasteiger partial charge in [0.05, 0.1) is 55.7 Å². The Labute approximate surface area is 453 Å². The van der Waals surface area contributed by atoms with E-state index in [-0.39, 0.29) is 13.0 Å². The van der Waals surface area contributed by atoms with E-state index >= 15 is 0 Å². The number of aromatic nitrogens is 3. The first-order valence-corrected chi connectivity index (χ1v) is 26.1. The van der Waals surface area contributed by atoms with Crippen LogP contribution in [0.15, 0.2) is 79.1 Å². The molecule has 4 amide bonds. The SMILES string of the molecule is CNC(=O)O[C@H](C(=O)NN(Cc1ccc(-c2ccn(C3CC3)n2)cc1)C[C@H](O)[C@H](Cc1ccc(C#Cc2ccc(N3C[C@@H]4CC[C@@H](C3)N4C3COC3)nc2)cc1)NC(=O)[C@@H](NC(=O)OC)C(C)(C)C(F)(F)F)C(C)(C)C(F)(F)F. The van der Waals surface area contributed by atoms with Gasteiger partial charge in [0, 0.05) is 74.4 Å². The summed E-state index contributed by atoms with van der Waals surface area (Å²) < 4.78 is 104. The van der Waals surface area contributed by atoms with Crippen molar-refractivity contribution >= 4 is 29.8 Å². The van der Waals surface area contributed by atoms with Gasteiger partial charge in [-0.3, -0.25) is 24.6 Å². The molecule has 0 radical (unpaired) electrons. The molecule has 24 heteroatoms. The molecule has 0 unspecified atom stereocenters. The number of aliphatic hydroxyl groups excluding tert-OH is 1. The molecule has 4 aliphatic rings. The minimum Gasteiger partial charge on any atom is -0.453 e. The minimum absolute atomic E-state index is 0.276. The Morgan fingerprint density at radius 2 is 1.38 bits per heavy atom. The largest absolute Gasteiger partial charge is 0.453 e. The van der Waals surface area contributed by atoms with Gasteiger partial charge in [-0.05, 0) is 101 Å². The van der Waals surface area contributed by atoms with Crippen molar-refractivity contribution < 1.29 is 64.8 Å². The van der Waals surface area contributed by atoms with Crippen molar-refractivity contribution in [1.29, 1.82) is 0 Å². The molecule has 2 bridgehead atoms. The van der Waals surface area contributed by atoms with Crippen LogP contribution in [-0.4, -0.2) is 156 Å². The van der Waals surface area contributed by atoms with E-state index < -0.39 is 78.0 Å². The number of nitrogens with zero attached hydrogens (tertiary/aromatic N) is 6. The Morgan fingerprint density at radius 1 is 0.772 bits per heavy atom. The Morgan fingerprint density at radius 3 is 1.94 bits per heavy atom. The zero-order chi connectivity index (χ0) is 57.0. The summed E-state index contributed by atoms with van der Waals surface area (Å²) in [6.07, 6.45) is -9.58. The fourth-order valence-corrected chi connectivity index (χ4v) is 9.94. The lowest BCUT2D eigenvalue weighted by atomic mass is 9.82. The lowest BCUT2D eigenvalue weighted by Crippen LogP contribution is -2.62. The molecule has 3 aliphatic heterocycles. The molecule has 79 heavy (non-hydrogen) atoms. The predicted octanol–water partition coefficient (Wildman–Crippen LogP) is 6.28. The number of halogens is 6. The van der Waals surface area contributed by atoms with Crippen LogP contribution in [0.3, 0.4) is 0 Å². The van der Waals surface area contributed by atoms with Crippen LogP contribution >= 0.6 is 0 Å². The summed E-state index contributed by atoms with van der Waals surface area (Å²) >= 11 is 0. The van der Waals surface area contributed by atoms with Gasteiger partial charge in [-0.1, -0.05) is 48.2 Å². The number of aliphatic hydroxyl groups is 1. The summed E-state index contributed by atoms with van der Waals surface area (Å²) in [6.45, 7) is 5.05. The molecule has 3 saturated heterocycles. The van der Waals surface area contributed by atoms with Gasteiger partial charge < -0.3 is 40.2 Å². The minimum atomic E-state index is -5.09. The first kappa shape index (κ1) is 58.2. The number of nitrogens with one attached hydrogen (secondary N) is 4. The van der Waals surface area contributed by atoms with Crippen LogP contribution in [0.2, 0.25) is 0 Å². The number of fused-ring (bicyclic) bond motifs is 2. The number of hydrogen-bond donors (Lipinski definition) is 5. The van der Waals surface area contributed by atoms with Crippen LogP contribution in [0.4, 0.5) is 41.7 Å². The number of pyridine rings is 1. The number of amides is 4. The number of alkyl carbamates (subject to hydrolysis) is 2. The van der Waals surface area contributed by atoms with Crippen molar-refractivity contribution in [3.63, 3.8) is 0 Å². The molecule has 4 fully saturated rings. The van der Waals surface area contributed by atoms with E-state index in [1.165, 1.54) is 0 Å². The molecule has 4 aromatic rings. The first-order valence-electron chi connectivity index (χ1n) is 26.1. The predicted molar refractivity (Wildman–Crippen MR) is 277 cm³/mol. The number of carbonyl (C=O) groups is 4. The van der Waals surface area contributed by atoms with E-state index in [1.54, 1.807) is 54.7 Å². The van der Waals surface area contributed by atoms with E-state index in [2.05, 4.69) is 42.2 Å². The van der Waals surface area contributed by atoms with Crippen molar-refractivity contribution in [2.24, 2.45) is 10.8 Å². The molecule has 6 atom stereocenters. The molecule has 2 aromatic heterocycles. The molecule has 5 N–H and O–H groups in total.